The van der Waals surface area contributed by atoms with Crippen molar-refractivity contribution in [2.24, 2.45) is 0 Å². The summed E-state index contributed by atoms with van der Waals surface area (Å²) in [6.07, 6.45) is 3.42. The Kier molecular flexibility index (Phi) is 6.47. The summed E-state index contributed by atoms with van der Waals surface area (Å²) in [4.78, 5) is 5.18. The number of ether oxygens (including phenoxy) is 1. The van der Waals surface area contributed by atoms with Crippen LogP contribution < -0.4 is 15.4 Å². The van der Waals surface area contributed by atoms with Crippen LogP contribution in [0.25, 0.3) is 0 Å². The van der Waals surface area contributed by atoms with Gasteiger partial charge in [0, 0.05) is 46.4 Å². The Morgan fingerprint density at radius 1 is 1.15 bits per heavy atom. The molecule has 5 nitrogen and oxygen atoms in total. The highest BCUT2D eigenvalue weighted by atomic mass is 79.9. The van der Waals surface area contributed by atoms with E-state index < -0.39 is 10.8 Å². The number of anilines is 3. The van der Waals surface area contributed by atoms with E-state index in [9.17, 15) is 4.21 Å². The predicted molar refractivity (Wildman–Crippen MR) is 114 cm³/mol. The van der Waals surface area contributed by atoms with Crippen LogP contribution in [-0.2, 0) is 17.3 Å². The highest BCUT2D eigenvalue weighted by Gasteiger charge is 2.06. The molecule has 27 heavy (non-hydrogen) atoms. The lowest BCUT2D eigenvalue weighted by molar-refractivity contribution is 0.414. The lowest BCUT2D eigenvalue weighted by Gasteiger charge is -2.12. The van der Waals surface area contributed by atoms with E-state index in [4.69, 9.17) is 4.74 Å². The van der Waals surface area contributed by atoms with Gasteiger partial charge in [-0.3, -0.25) is 4.21 Å². The van der Waals surface area contributed by atoms with E-state index in [0.29, 0.717) is 6.54 Å². The van der Waals surface area contributed by atoms with Gasteiger partial charge in [0.05, 0.1) is 17.3 Å². The van der Waals surface area contributed by atoms with E-state index in [1.165, 1.54) is 0 Å². The van der Waals surface area contributed by atoms with E-state index >= 15 is 0 Å². The fourth-order valence-corrected chi connectivity index (χ4v) is 3.35. The number of pyridine rings is 1. The SMILES string of the molecule is COc1ccc(CNc2cc(Nc3cccc(S(C)=O)c3)c(Br)cn2)cc1. The Morgan fingerprint density at radius 3 is 2.63 bits per heavy atom. The molecule has 0 spiro atoms. The minimum Gasteiger partial charge on any atom is -0.497 e. The third-order valence-corrected chi connectivity index (χ3v) is 5.48. The average molecular weight is 446 g/mol. The Balaban J connectivity index is 1.71. The number of rotatable bonds is 7. The zero-order valence-corrected chi connectivity index (χ0v) is 17.4. The van der Waals surface area contributed by atoms with Crippen LogP contribution in [0.15, 0.2) is 70.2 Å². The highest BCUT2D eigenvalue weighted by Crippen LogP contribution is 2.28. The maximum atomic E-state index is 11.7. The summed E-state index contributed by atoms with van der Waals surface area (Å²) < 4.78 is 17.7. The topological polar surface area (TPSA) is 63.2 Å². The molecule has 0 aliphatic carbocycles. The maximum Gasteiger partial charge on any atom is 0.128 e. The molecule has 0 aliphatic rings. The van der Waals surface area contributed by atoms with Crippen molar-refractivity contribution < 1.29 is 8.95 Å². The summed E-state index contributed by atoms with van der Waals surface area (Å²) in [5.74, 6) is 1.59. The number of methoxy groups -OCH3 is 1. The molecule has 0 amide bonds. The molecule has 0 saturated carbocycles. The van der Waals surface area contributed by atoms with Crippen molar-refractivity contribution in [1.29, 1.82) is 0 Å². The maximum absolute atomic E-state index is 11.7. The molecule has 140 valence electrons. The van der Waals surface area contributed by atoms with Gasteiger partial charge in [-0.05, 0) is 51.8 Å². The van der Waals surface area contributed by atoms with Gasteiger partial charge >= 0.3 is 0 Å². The van der Waals surface area contributed by atoms with Crippen LogP contribution in [0.2, 0.25) is 0 Å². The number of hydrogen-bond acceptors (Lipinski definition) is 5. The Bertz CT molecular complexity index is 948. The van der Waals surface area contributed by atoms with Crippen molar-refractivity contribution in [3.8, 4) is 5.75 Å². The predicted octanol–water partition coefficient (Wildman–Crippen LogP) is 4.95. The molecule has 0 fully saturated rings. The minimum absolute atomic E-state index is 0.655. The summed E-state index contributed by atoms with van der Waals surface area (Å²) in [6.45, 7) is 0.655. The Labute approximate surface area is 169 Å². The van der Waals surface area contributed by atoms with Gasteiger partial charge in [0.15, 0.2) is 0 Å². The first-order valence-corrected chi connectivity index (χ1v) is 10.6. The molecule has 2 N–H and O–H groups in total. The zero-order chi connectivity index (χ0) is 19.2. The monoisotopic (exact) mass is 445 g/mol. The number of benzene rings is 2. The van der Waals surface area contributed by atoms with Gasteiger partial charge in [-0.25, -0.2) is 4.98 Å². The third kappa shape index (κ3) is 5.30. The number of halogens is 1. The minimum atomic E-state index is -1.02. The van der Waals surface area contributed by atoms with Gasteiger partial charge in [0.1, 0.15) is 11.6 Å². The molecular formula is C20H20BrN3O2S. The summed E-state index contributed by atoms with van der Waals surface area (Å²) in [5, 5.41) is 6.66. The van der Waals surface area contributed by atoms with Gasteiger partial charge in [0.25, 0.3) is 0 Å². The van der Waals surface area contributed by atoms with Crippen molar-refractivity contribution >= 4 is 43.9 Å². The van der Waals surface area contributed by atoms with Crippen LogP contribution in [0.3, 0.4) is 0 Å². The smallest absolute Gasteiger partial charge is 0.128 e. The van der Waals surface area contributed by atoms with E-state index in [-0.39, 0.29) is 0 Å². The summed E-state index contributed by atoms with van der Waals surface area (Å²) >= 11 is 3.52. The fraction of sp³-hybridized carbons (Fsp3) is 0.150. The normalized spacial score (nSPS) is 11.7. The summed E-state index contributed by atoms with van der Waals surface area (Å²) in [6, 6.07) is 17.4. The van der Waals surface area contributed by atoms with Crippen molar-refractivity contribution in [2.45, 2.75) is 11.4 Å². The molecule has 1 unspecified atom stereocenters. The number of aromatic nitrogens is 1. The lowest BCUT2D eigenvalue weighted by atomic mass is 10.2. The molecule has 3 rings (SSSR count). The number of nitrogens with zero attached hydrogens (tertiary/aromatic N) is 1. The summed E-state index contributed by atoms with van der Waals surface area (Å²) in [7, 11) is 0.635. The van der Waals surface area contributed by atoms with E-state index in [1.807, 2.05) is 54.6 Å². The molecular weight excluding hydrogens is 426 g/mol. The molecule has 0 saturated heterocycles. The highest BCUT2D eigenvalue weighted by molar-refractivity contribution is 9.10. The van der Waals surface area contributed by atoms with Crippen molar-refractivity contribution in [3.05, 3.63) is 70.8 Å². The van der Waals surface area contributed by atoms with Gasteiger partial charge in [0.2, 0.25) is 0 Å². The van der Waals surface area contributed by atoms with Crippen LogP contribution in [0, 0.1) is 0 Å². The van der Waals surface area contributed by atoms with Crippen LogP contribution in [0.1, 0.15) is 5.56 Å². The van der Waals surface area contributed by atoms with E-state index in [2.05, 4.69) is 31.5 Å². The molecule has 0 bridgehead atoms. The van der Waals surface area contributed by atoms with Crippen LogP contribution in [0.4, 0.5) is 17.2 Å². The van der Waals surface area contributed by atoms with Crippen molar-refractivity contribution in [1.82, 2.24) is 4.98 Å². The lowest BCUT2D eigenvalue weighted by Crippen LogP contribution is -2.02. The van der Waals surface area contributed by atoms with E-state index in [0.717, 1.165) is 37.9 Å². The molecule has 0 radical (unpaired) electrons. The van der Waals surface area contributed by atoms with Crippen LogP contribution in [-0.4, -0.2) is 22.6 Å². The second-order valence-corrected chi connectivity index (χ2v) is 8.09. The third-order valence-electron chi connectivity index (χ3n) is 3.93. The first-order valence-electron chi connectivity index (χ1n) is 8.28. The van der Waals surface area contributed by atoms with Gasteiger partial charge in [-0.15, -0.1) is 0 Å². The second-order valence-electron chi connectivity index (χ2n) is 5.86. The summed E-state index contributed by atoms with van der Waals surface area (Å²) in [5.41, 5.74) is 2.88. The quantitative estimate of drug-likeness (QED) is 0.538. The Hall–Kier alpha value is -2.38. The zero-order valence-electron chi connectivity index (χ0n) is 15.0. The van der Waals surface area contributed by atoms with Gasteiger partial charge in [-0.1, -0.05) is 18.2 Å². The van der Waals surface area contributed by atoms with Gasteiger partial charge < -0.3 is 15.4 Å². The Morgan fingerprint density at radius 2 is 1.93 bits per heavy atom. The van der Waals surface area contributed by atoms with Crippen LogP contribution >= 0.6 is 15.9 Å². The number of nitrogens with one attached hydrogen (secondary N) is 2. The molecule has 0 aliphatic heterocycles. The second kappa shape index (κ2) is 9.01. The molecule has 3 aromatic rings. The standard InChI is InChI=1S/C20H20BrN3O2S/c1-26-16-8-6-14(7-9-16)12-22-20-11-19(18(21)13-23-20)24-15-4-3-5-17(10-15)27(2)25/h3-11,13H,12H2,1-2H3,(H2,22,23,24). The van der Waals surface area contributed by atoms with Crippen molar-refractivity contribution in [2.75, 3.05) is 24.0 Å². The van der Waals surface area contributed by atoms with Gasteiger partial charge in [-0.2, -0.15) is 0 Å². The van der Waals surface area contributed by atoms with Crippen LogP contribution in [0.5, 0.6) is 5.75 Å². The first kappa shape index (κ1) is 19.4. The first-order chi connectivity index (χ1) is 13.0. The average Bonchev–Trinajstić information content (AvgIpc) is 2.69. The largest absolute Gasteiger partial charge is 0.497 e. The van der Waals surface area contributed by atoms with E-state index in [1.54, 1.807) is 19.6 Å². The molecule has 1 heterocycles. The number of hydrogen-bond donors (Lipinski definition) is 2. The molecule has 1 atom stereocenters. The van der Waals surface area contributed by atoms with Crippen molar-refractivity contribution in [3.63, 3.8) is 0 Å². The molecule has 1 aromatic heterocycles. The molecule has 7 heteroatoms. The molecule has 2 aromatic carbocycles. The fourth-order valence-electron chi connectivity index (χ4n) is 2.48.